The first kappa shape index (κ1) is 13.2. The van der Waals surface area contributed by atoms with E-state index in [0.717, 1.165) is 0 Å². The zero-order chi connectivity index (χ0) is 14.0. The van der Waals surface area contributed by atoms with Crippen LogP contribution in [0.2, 0.25) is 0 Å². The van der Waals surface area contributed by atoms with E-state index in [-0.39, 0.29) is 11.7 Å². The number of aromatic nitrogens is 3. The topological polar surface area (TPSA) is 68.0 Å². The van der Waals surface area contributed by atoms with E-state index >= 15 is 0 Å². The largest absolute Gasteiger partial charge is 0.475 e. The fraction of sp³-hybridized carbons (Fsp3) is 0.308. The van der Waals surface area contributed by atoms with E-state index in [0.29, 0.717) is 17.9 Å². The fourth-order valence-corrected chi connectivity index (χ4v) is 1.75. The summed E-state index contributed by atoms with van der Waals surface area (Å²) in [6, 6.07) is 5.82. The second kappa shape index (κ2) is 5.17. The molecule has 0 bridgehead atoms. The summed E-state index contributed by atoms with van der Waals surface area (Å²) in [7, 11) is 0. The van der Waals surface area contributed by atoms with Gasteiger partial charge < -0.3 is 5.11 Å². The average Bonchev–Trinajstić information content (AvgIpc) is 2.72. The summed E-state index contributed by atoms with van der Waals surface area (Å²) >= 11 is 0. The molecular formula is C13H14FN3O2. The van der Waals surface area contributed by atoms with E-state index < -0.39 is 11.8 Å². The Labute approximate surface area is 109 Å². The molecule has 0 radical (unpaired) electrons. The predicted octanol–water partition coefficient (Wildman–Crippen LogP) is 2.30. The van der Waals surface area contributed by atoms with E-state index in [1.54, 1.807) is 12.1 Å². The van der Waals surface area contributed by atoms with Gasteiger partial charge in [-0.15, -0.1) is 5.10 Å². The van der Waals surface area contributed by atoms with Gasteiger partial charge in [0.25, 0.3) is 5.82 Å². The van der Waals surface area contributed by atoms with Crippen molar-refractivity contribution in [1.82, 2.24) is 14.8 Å². The highest BCUT2D eigenvalue weighted by molar-refractivity contribution is 5.83. The van der Waals surface area contributed by atoms with Crippen molar-refractivity contribution in [2.24, 2.45) is 5.92 Å². The van der Waals surface area contributed by atoms with Gasteiger partial charge in [0.1, 0.15) is 11.6 Å². The highest BCUT2D eigenvalue weighted by Crippen LogP contribution is 2.14. The van der Waals surface area contributed by atoms with Crippen molar-refractivity contribution < 1.29 is 14.3 Å². The molecule has 0 spiro atoms. The summed E-state index contributed by atoms with van der Waals surface area (Å²) in [5.41, 5.74) is 0.468. The van der Waals surface area contributed by atoms with Crippen LogP contribution in [0.15, 0.2) is 24.3 Å². The van der Waals surface area contributed by atoms with Gasteiger partial charge in [-0.1, -0.05) is 19.9 Å². The zero-order valence-electron chi connectivity index (χ0n) is 10.7. The monoisotopic (exact) mass is 263 g/mol. The Hall–Kier alpha value is -2.24. The van der Waals surface area contributed by atoms with Gasteiger partial charge in [0.15, 0.2) is 0 Å². The molecule has 1 N–H and O–H groups in total. The van der Waals surface area contributed by atoms with Crippen LogP contribution in [0.5, 0.6) is 0 Å². The number of halogens is 1. The molecule has 100 valence electrons. The van der Waals surface area contributed by atoms with Gasteiger partial charge in [-0.25, -0.2) is 18.9 Å². The molecule has 1 aromatic carbocycles. The molecular weight excluding hydrogens is 249 g/mol. The molecule has 0 aliphatic carbocycles. The number of nitrogens with zero attached hydrogens (tertiary/aromatic N) is 3. The normalized spacial score (nSPS) is 10.9. The molecule has 0 amide bonds. The molecule has 0 unspecified atom stereocenters. The number of carboxylic acid groups (broad SMARTS) is 1. The second-order valence-electron chi connectivity index (χ2n) is 4.65. The molecule has 5 nitrogen and oxygen atoms in total. The van der Waals surface area contributed by atoms with Gasteiger partial charge in [0.05, 0.1) is 5.69 Å². The number of hydrogen-bond donors (Lipinski definition) is 1. The molecule has 0 saturated heterocycles. The summed E-state index contributed by atoms with van der Waals surface area (Å²) in [6.07, 6.45) is 0.566. The van der Waals surface area contributed by atoms with Crippen LogP contribution in [0.25, 0.3) is 5.69 Å². The first-order valence-electron chi connectivity index (χ1n) is 5.92. The minimum atomic E-state index is -1.19. The van der Waals surface area contributed by atoms with Crippen LogP contribution in [-0.2, 0) is 6.42 Å². The van der Waals surface area contributed by atoms with Crippen molar-refractivity contribution in [3.05, 3.63) is 41.7 Å². The molecule has 6 heteroatoms. The second-order valence-corrected chi connectivity index (χ2v) is 4.65. The lowest BCUT2D eigenvalue weighted by Gasteiger charge is -2.07. The minimum Gasteiger partial charge on any atom is -0.475 e. The van der Waals surface area contributed by atoms with Crippen LogP contribution in [0, 0.1) is 11.7 Å². The van der Waals surface area contributed by atoms with Crippen LogP contribution >= 0.6 is 0 Å². The number of carboxylic acids is 1. The minimum absolute atomic E-state index is 0.278. The van der Waals surface area contributed by atoms with Crippen molar-refractivity contribution >= 4 is 5.97 Å². The highest BCUT2D eigenvalue weighted by atomic mass is 19.1. The Morgan fingerprint density at radius 2 is 2.21 bits per heavy atom. The SMILES string of the molecule is CC(C)Cc1nc(C(=O)O)nn1-c1cccc(F)c1. The Kier molecular flexibility index (Phi) is 3.59. The van der Waals surface area contributed by atoms with E-state index in [2.05, 4.69) is 10.1 Å². The summed E-state index contributed by atoms with van der Waals surface area (Å²) in [4.78, 5) is 14.9. The first-order valence-corrected chi connectivity index (χ1v) is 5.92. The van der Waals surface area contributed by atoms with Crippen molar-refractivity contribution in [2.75, 3.05) is 0 Å². The molecule has 19 heavy (non-hydrogen) atoms. The number of rotatable bonds is 4. The summed E-state index contributed by atoms with van der Waals surface area (Å²) in [5, 5.41) is 12.9. The molecule has 0 aliphatic rings. The standard InChI is InChI=1S/C13H14FN3O2/c1-8(2)6-11-15-12(13(18)19)16-17(11)10-5-3-4-9(14)7-10/h3-5,7-8H,6H2,1-2H3,(H,18,19). The van der Waals surface area contributed by atoms with Gasteiger partial charge in [-0.05, 0) is 24.1 Å². The van der Waals surface area contributed by atoms with Gasteiger partial charge >= 0.3 is 5.97 Å². The van der Waals surface area contributed by atoms with E-state index in [4.69, 9.17) is 5.11 Å². The Morgan fingerprint density at radius 1 is 1.47 bits per heavy atom. The number of benzene rings is 1. The van der Waals surface area contributed by atoms with Gasteiger partial charge in [-0.2, -0.15) is 0 Å². The molecule has 0 fully saturated rings. The molecule has 2 aromatic rings. The lowest BCUT2D eigenvalue weighted by Crippen LogP contribution is -2.06. The van der Waals surface area contributed by atoms with Crippen molar-refractivity contribution in [1.29, 1.82) is 0 Å². The Morgan fingerprint density at radius 3 is 2.79 bits per heavy atom. The van der Waals surface area contributed by atoms with E-state index in [1.165, 1.54) is 16.8 Å². The van der Waals surface area contributed by atoms with Crippen LogP contribution < -0.4 is 0 Å². The first-order chi connectivity index (χ1) is 8.97. The molecule has 1 heterocycles. The van der Waals surface area contributed by atoms with Gasteiger partial charge in [-0.3, -0.25) is 0 Å². The number of carbonyl (C=O) groups is 1. The lowest BCUT2D eigenvalue weighted by atomic mass is 10.1. The summed E-state index contributed by atoms with van der Waals surface area (Å²) < 4.78 is 14.6. The van der Waals surface area contributed by atoms with Crippen molar-refractivity contribution in [2.45, 2.75) is 20.3 Å². The predicted molar refractivity (Wildman–Crippen MR) is 66.8 cm³/mol. The maximum Gasteiger partial charge on any atom is 0.375 e. The Bertz CT molecular complexity index is 608. The zero-order valence-corrected chi connectivity index (χ0v) is 10.7. The van der Waals surface area contributed by atoms with Crippen molar-refractivity contribution in [3.8, 4) is 5.69 Å². The number of hydrogen-bond acceptors (Lipinski definition) is 3. The van der Waals surface area contributed by atoms with Crippen molar-refractivity contribution in [3.63, 3.8) is 0 Å². The third-order valence-corrected chi connectivity index (χ3v) is 2.51. The van der Waals surface area contributed by atoms with E-state index in [1.807, 2.05) is 13.8 Å². The Balaban J connectivity index is 2.50. The smallest absolute Gasteiger partial charge is 0.375 e. The fourth-order valence-electron chi connectivity index (χ4n) is 1.75. The summed E-state index contributed by atoms with van der Waals surface area (Å²) in [6.45, 7) is 3.98. The summed E-state index contributed by atoms with van der Waals surface area (Å²) in [5.74, 6) is -1.07. The molecule has 0 saturated carbocycles. The quantitative estimate of drug-likeness (QED) is 0.919. The highest BCUT2D eigenvalue weighted by Gasteiger charge is 2.17. The number of aromatic carboxylic acids is 1. The lowest BCUT2D eigenvalue weighted by molar-refractivity contribution is 0.0683. The maximum atomic E-state index is 13.2. The maximum absolute atomic E-state index is 13.2. The van der Waals surface area contributed by atoms with Crippen LogP contribution in [0.1, 0.15) is 30.3 Å². The van der Waals surface area contributed by atoms with Crippen LogP contribution in [-0.4, -0.2) is 25.8 Å². The van der Waals surface area contributed by atoms with Gasteiger partial charge in [0, 0.05) is 6.42 Å². The molecule has 0 atom stereocenters. The molecule has 2 rings (SSSR count). The van der Waals surface area contributed by atoms with Gasteiger partial charge in [0.2, 0.25) is 0 Å². The van der Waals surface area contributed by atoms with Crippen LogP contribution in [0.4, 0.5) is 4.39 Å². The van der Waals surface area contributed by atoms with Crippen LogP contribution in [0.3, 0.4) is 0 Å². The molecule has 1 aromatic heterocycles. The molecule has 0 aliphatic heterocycles. The van der Waals surface area contributed by atoms with E-state index in [9.17, 15) is 9.18 Å². The average molecular weight is 263 g/mol. The third-order valence-electron chi connectivity index (χ3n) is 2.51. The third kappa shape index (κ3) is 2.96.